The molecule has 0 aromatic heterocycles. The van der Waals surface area contributed by atoms with Crippen LogP contribution in [0.1, 0.15) is 32.6 Å². The summed E-state index contributed by atoms with van der Waals surface area (Å²) in [5.74, 6) is 0.202. The molecule has 3 fully saturated rings. The molecule has 3 unspecified atom stereocenters. The van der Waals surface area contributed by atoms with E-state index in [0.29, 0.717) is 18.4 Å². The van der Waals surface area contributed by atoms with Gasteiger partial charge in [-0.25, -0.2) is 0 Å². The third-order valence-electron chi connectivity index (χ3n) is 4.24. The Balaban J connectivity index is 1.68. The molecule has 0 radical (unpaired) electrons. The standard InChI is InChI=1S/C12H18N2O2/c1-7-4-8(6-14(7)9-2-3-9)10-5-11(15)13-12(10)16/h7-10H,2-6H2,1H3,(H,13,15,16). The molecule has 4 nitrogen and oxygen atoms in total. The first-order chi connectivity index (χ1) is 7.65. The molecular weight excluding hydrogens is 204 g/mol. The molecule has 2 heterocycles. The number of hydrogen-bond acceptors (Lipinski definition) is 3. The van der Waals surface area contributed by atoms with Crippen molar-refractivity contribution in [2.24, 2.45) is 11.8 Å². The van der Waals surface area contributed by atoms with Gasteiger partial charge in [0.1, 0.15) is 0 Å². The number of carbonyl (C=O) groups excluding carboxylic acids is 2. The largest absolute Gasteiger partial charge is 0.297 e. The zero-order valence-corrected chi connectivity index (χ0v) is 9.61. The molecule has 1 N–H and O–H groups in total. The molecule has 0 spiro atoms. The van der Waals surface area contributed by atoms with Crippen molar-refractivity contribution in [3.8, 4) is 0 Å². The predicted octanol–water partition coefficient (Wildman–Crippen LogP) is 0.522. The monoisotopic (exact) mass is 222 g/mol. The molecular formula is C12H18N2O2. The number of carbonyl (C=O) groups is 2. The Morgan fingerprint density at radius 1 is 1.31 bits per heavy atom. The van der Waals surface area contributed by atoms with Crippen molar-refractivity contribution in [2.75, 3.05) is 6.54 Å². The maximum atomic E-state index is 11.6. The van der Waals surface area contributed by atoms with Crippen LogP contribution >= 0.6 is 0 Å². The molecule has 0 bridgehead atoms. The van der Waals surface area contributed by atoms with E-state index in [-0.39, 0.29) is 17.7 Å². The summed E-state index contributed by atoms with van der Waals surface area (Å²) in [6, 6.07) is 1.35. The number of nitrogens with zero attached hydrogens (tertiary/aromatic N) is 1. The quantitative estimate of drug-likeness (QED) is 0.693. The second-order valence-electron chi connectivity index (χ2n) is 5.50. The summed E-state index contributed by atoms with van der Waals surface area (Å²) in [6.07, 6.45) is 4.11. The summed E-state index contributed by atoms with van der Waals surface area (Å²) >= 11 is 0. The van der Waals surface area contributed by atoms with Gasteiger partial charge in [0.05, 0.1) is 5.92 Å². The van der Waals surface area contributed by atoms with Gasteiger partial charge in [-0.3, -0.25) is 19.8 Å². The zero-order valence-electron chi connectivity index (χ0n) is 9.61. The van der Waals surface area contributed by atoms with E-state index < -0.39 is 0 Å². The summed E-state index contributed by atoms with van der Waals surface area (Å²) in [5.41, 5.74) is 0. The summed E-state index contributed by atoms with van der Waals surface area (Å²) in [4.78, 5) is 25.3. The molecule has 2 amide bonds. The second kappa shape index (κ2) is 3.55. The lowest BCUT2D eigenvalue weighted by Gasteiger charge is -2.20. The molecule has 4 heteroatoms. The Hall–Kier alpha value is -0.900. The smallest absolute Gasteiger partial charge is 0.230 e. The third kappa shape index (κ3) is 1.65. The normalized spacial score (nSPS) is 40.4. The van der Waals surface area contributed by atoms with Crippen molar-refractivity contribution < 1.29 is 9.59 Å². The van der Waals surface area contributed by atoms with Crippen LogP contribution in [0.25, 0.3) is 0 Å². The average molecular weight is 222 g/mol. The topological polar surface area (TPSA) is 49.4 Å². The fourth-order valence-corrected chi connectivity index (χ4v) is 3.26. The SMILES string of the molecule is CC1CC(C2CC(=O)NC2=O)CN1C1CC1. The molecule has 16 heavy (non-hydrogen) atoms. The zero-order chi connectivity index (χ0) is 11.3. The van der Waals surface area contributed by atoms with Crippen molar-refractivity contribution in [3.63, 3.8) is 0 Å². The van der Waals surface area contributed by atoms with E-state index in [9.17, 15) is 9.59 Å². The number of imide groups is 1. The van der Waals surface area contributed by atoms with Gasteiger partial charge in [0.2, 0.25) is 11.8 Å². The van der Waals surface area contributed by atoms with Gasteiger partial charge in [-0.05, 0) is 32.1 Å². The van der Waals surface area contributed by atoms with E-state index in [2.05, 4.69) is 17.1 Å². The van der Waals surface area contributed by atoms with Crippen LogP contribution in [0.3, 0.4) is 0 Å². The minimum absolute atomic E-state index is 0.0418. The average Bonchev–Trinajstić information content (AvgIpc) is 2.91. The van der Waals surface area contributed by atoms with Crippen LogP contribution in [-0.2, 0) is 9.59 Å². The third-order valence-corrected chi connectivity index (χ3v) is 4.24. The lowest BCUT2D eigenvalue weighted by atomic mass is 9.89. The van der Waals surface area contributed by atoms with Gasteiger partial charge < -0.3 is 0 Å². The van der Waals surface area contributed by atoms with Gasteiger partial charge in [0, 0.05) is 25.0 Å². The minimum Gasteiger partial charge on any atom is -0.297 e. The molecule has 0 aromatic rings. The minimum atomic E-state index is -0.0903. The van der Waals surface area contributed by atoms with Crippen molar-refractivity contribution in [1.29, 1.82) is 0 Å². The van der Waals surface area contributed by atoms with E-state index in [1.807, 2.05) is 0 Å². The first-order valence-electron chi connectivity index (χ1n) is 6.24. The van der Waals surface area contributed by atoms with Crippen molar-refractivity contribution >= 4 is 11.8 Å². The van der Waals surface area contributed by atoms with E-state index >= 15 is 0 Å². The molecule has 0 aromatic carbocycles. The maximum absolute atomic E-state index is 11.6. The van der Waals surface area contributed by atoms with Crippen LogP contribution in [0.4, 0.5) is 0 Å². The first kappa shape index (κ1) is 10.3. The Morgan fingerprint density at radius 3 is 2.62 bits per heavy atom. The highest BCUT2D eigenvalue weighted by Crippen LogP contribution is 2.39. The fraction of sp³-hybridized carbons (Fsp3) is 0.833. The van der Waals surface area contributed by atoms with Crippen LogP contribution in [0.2, 0.25) is 0 Å². The highest BCUT2D eigenvalue weighted by molar-refractivity contribution is 6.03. The van der Waals surface area contributed by atoms with Gasteiger partial charge in [-0.2, -0.15) is 0 Å². The van der Waals surface area contributed by atoms with E-state index in [0.717, 1.165) is 19.0 Å². The Morgan fingerprint density at radius 2 is 2.06 bits per heavy atom. The highest BCUT2D eigenvalue weighted by atomic mass is 16.2. The molecule has 2 saturated heterocycles. The summed E-state index contributed by atoms with van der Waals surface area (Å²) in [6.45, 7) is 3.25. The lowest BCUT2D eigenvalue weighted by Crippen LogP contribution is -2.31. The first-order valence-corrected chi connectivity index (χ1v) is 6.24. The molecule has 88 valence electrons. The fourth-order valence-electron chi connectivity index (χ4n) is 3.26. The summed E-state index contributed by atoms with van der Waals surface area (Å²) in [7, 11) is 0. The number of amides is 2. The number of nitrogens with one attached hydrogen (secondary N) is 1. The van der Waals surface area contributed by atoms with Gasteiger partial charge in [-0.15, -0.1) is 0 Å². The van der Waals surface area contributed by atoms with Crippen molar-refractivity contribution in [2.45, 2.75) is 44.7 Å². The summed E-state index contributed by atoms with van der Waals surface area (Å²) in [5, 5.41) is 2.42. The Kier molecular flexibility index (Phi) is 2.28. The van der Waals surface area contributed by atoms with Gasteiger partial charge >= 0.3 is 0 Å². The number of hydrogen-bond donors (Lipinski definition) is 1. The van der Waals surface area contributed by atoms with Crippen molar-refractivity contribution in [3.05, 3.63) is 0 Å². The molecule has 1 aliphatic carbocycles. The van der Waals surface area contributed by atoms with Crippen LogP contribution < -0.4 is 5.32 Å². The Labute approximate surface area is 95.4 Å². The van der Waals surface area contributed by atoms with Crippen molar-refractivity contribution in [1.82, 2.24) is 10.2 Å². The van der Waals surface area contributed by atoms with E-state index in [1.165, 1.54) is 12.8 Å². The van der Waals surface area contributed by atoms with Gasteiger partial charge in [-0.1, -0.05) is 0 Å². The highest BCUT2D eigenvalue weighted by Gasteiger charge is 2.45. The number of likely N-dealkylation sites (tertiary alicyclic amines) is 1. The molecule has 3 aliphatic rings. The van der Waals surface area contributed by atoms with Crippen LogP contribution in [0, 0.1) is 11.8 Å². The molecule has 1 saturated carbocycles. The lowest BCUT2D eigenvalue weighted by molar-refractivity contribution is -0.126. The van der Waals surface area contributed by atoms with Crippen LogP contribution in [0.15, 0.2) is 0 Å². The van der Waals surface area contributed by atoms with Crippen LogP contribution in [0.5, 0.6) is 0 Å². The van der Waals surface area contributed by atoms with Gasteiger partial charge in [0.25, 0.3) is 0 Å². The molecule has 3 rings (SSSR count). The molecule has 3 atom stereocenters. The maximum Gasteiger partial charge on any atom is 0.230 e. The van der Waals surface area contributed by atoms with E-state index in [4.69, 9.17) is 0 Å². The van der Waals surface area contributed by atoms with E-state index in [1.54, 1.807) is 0 Å². The predicted molar refractivity (Wildman–Crippen MR) is 58.6 cm³/mol. The number of rotatable bonds is 2. The Bertz CT molecular complexity index is 338. The molecule has 2 aliphatic heterocycles. The second-order valence-corrected chi connectivity index (χ2v) is 5.50. The van der Waals surface area contributed by atoms with Gasteiger partial charge in [0.15, 0.2) is 0 Å². The van der Waals surface area contributed by atoms with Crippen LogP contribution in [-0.4, -0.2) is 35.3 Å². The summed E-state index contributed by atoms with van der Waals surface area (Å²) < 4.78 is 0.